The molecule has 0 saturated carbocycles. The second kappa shape index (κ2) is 6.09. The molecule has 1 aliphatic rings. The van der Waals surface area contributed by atoms with Crippen LogP contribution in [0, 0.1) is 0 Å². The first-order chi connectivity index (χ1) is 10.9. The molecule has 0 bridgehead atoms. The molecule has 1 atom stereocenters. The number of amides is 1. The molecule has 4 nitrogen and oxygen atoms in total. The molecule has 1 aliphatic heterocycles. The molecule has 0 saturated heterocycles. The van der Waals surface area contributed by atoms with E-state index in [9.17, 15) is 13.2 Å². The molecule has 6 heteroatoms. The van der Waals surface area contributed by atoms with Crippen molar-refractivity contribution in [2.24, 2.45) is 0 Å². The third kappa shape index (κ3) is 3.19. The quantitative estimate of drug-likeness (QED) is 0.831. The van der Waals surface area contributed by atoms with Gasteiger partial charge in [0, 0.05) is 23.9 Å². The number of fused-ring (bicyclic) bond motifs is 1. The molecule has 0 spiro atoms. The lowest BCUT2D eigenvalue weighted by atomic mass is 9.96. The van der Waals surface area contributed by atoms with Crippen molar-refractivity contribution >= 4 is 32.8 Å². The summed E-state index contributed by atoms with van der Waals surface area (Å²) < 4.78 is 23.5. The van der Waals surface area contributed by atoms with Gasteiger partial charge in [-0.05, 0) is 36.5 Å². The molecular weight excluding hydrogens is 330 g/mol. The van der Waals surface area contributed by atoms with E-state index in [1.807, 2.05) is 18.2 Å². The summed E-state index contributed by atoms with van der Waals surface area (Å²) >= 11 is 1.10. The fraction of sp³-hybridized carbons (Fsp3) is 0.353. The van der Waals surface area contributed by atoms with Gasteiger partial charge in [0.2, 0.25) is 0 Å². The Morgan fingerprint density at radius 1 is 1.30 bits per heavy atom. The van der Waals surface area contributed by atoms with E-state index in [1.54, 1.807) is 10.3 Å². The number of benzene rings is 1. The van der Waals surface area contributed by atoms with Crippen LogP contribution in [0.4, 0.5) is 5.69 Å². The van der Waals surface area contributed by atoms with E-state index in [0.29, 0.717) is 18.0 Å². The summed E-state index contributed by atoms with van der Waals surface area (Å²) in [5.74, 6) is 0.288. The van der Waals surface area contributed by atoms with Crippen LogP contribution in [0.15, 0.2) is 39.9 Å². The fourth-order valence-corrected chi connectivity index (χ4v) is 4.76. The molecule has 1 amide bonds. The minimum atomic E-state index is -3.27. The second-order valence-corrected chi connectivity index (χ2v) is 9.14. The molecule has 0 aliphatic carbocycles. The Morgan fingerprint density at radius 3 is 2.74 bits per heavy atom. The largest absolute Gasteiger partial charge is 0.308 e. The molecule has 2 aromatic rings. The van der Waals surface area contributed by atoms with E-state index < -0.39 is 9.84 Å². The number of para-hydroxylation sites is 1. The standard InChI is InChI=1S/C17H19NO3S2/c1-12-6-5-9-18(15-8-4-3-7-14(12)15)17(19)13-10-16(22-11-13)23(2,20)21/h3-4,7-8,10-12H,5-6,9H2,1-2H3/t12-/m0/s1. The lowest BCUT2D eigenvalue weighted by molar-refractivity contribution is 0.0987. The van der Waals surface area contributed by atoms with Gasteiger partial charge in [-0.25, -0.2) is 8.42 Å². The highest BCUT2D eigenvalue weighted by molar-refractivity contribution is 7.92. The van der Waals surface area contributed by atoms with Crippen LogP contribution in [0.1, 0.15) is 41.6 Å². The minimum Gasteiger partial charge on any atom is -0.308 e. The first-order valence-corrected chi connectivity index (χ1v) is 10.3. The Balaban J connectivity index is 1.99. The van der Waals surface area contributed by atoms with Crippen molar-refractivity contribution in [3.8, 4) is 0 Å². The van der Waals surface area contributed by atoms with Crippen molar-refractivity contribution in [2.45, 2.75) is 29.9 Å². The van der Waals surface area contributed by atoms with Gasteiger partial charge in [-0.15, -0.1) is 11.3 Å². The van der Waals surface area contributed by atoms with Gasteiger partial charge in [-0.1, -0.05) is 25.1 Å². The van der Waals surface area contributed by atoms with Crippen LogP contribution in [-0.4, -0.2) is 27.1 Å². The maximum absolute atomic E-state index is 12.9. The monoisotopic (exact) mass is 349 g/mol. The van der Waals surface area contributed by atoms with E-state index in [2.05, 4.69) is 13.0 Å². The molecule has 3 rings (SSSR count). The molecule has 0 N–H and O–H groups in total. The maximum Gasteiger partial charge on any atom is 0.259 e. The van der Waals surface area contributed by atoms with E-state index in [0.717, 1.165) is 36.1 Å². The van der Waals surface area contributed by atoms with Crippen molar-refractivity contribution in [3.63, 3.8) is 0 Å². The summed E-state index contributed by atoms with van der Waals surface area (Å²) in [5, 5.41) is 1.63. The summed E-state index contributed by atoms with van der Waals surface area (Å²) in [4.78, 5) is 14.7. The topological polar surface area (TPSA) is 54.5 Å². The normalized spacial score (nSPS) is 18.3. The summed E-state index contributed by atoms with van der Waals surface area (Å²) in [6, 6.07) is 9.46. The third-order valence-electron chi connectivity index (χ3n) is 4.21. The number of thiophene rings is 1. The molecule has 122 valence electrons. The molecule has 0 fully saturated rings. The van der Waals surface area contributed by atoms with E-state index in [4.69, 9.17) is 0 Å². The zero-order valence-corrected chi connectivity index (χ0v) is 14.8. The highest BCUT2D eigenvalue weighted by Gasteiger charge is 2.26. The zero-order chi connectivity index (χ0) is 16.6. The van der Waals surface area contributed by atoms with Crippen molar-refractivity contribution in [2.75, 3.05) is 17.7 Å². The van der Waals surface area contributed by atoms with Gasteiger partial charge in [0.15, 0.2) is 9.84 Å². The molecule has 0 unspecified atom stereocenters. The van der Waals surface area contributed by atoms with Crippen molar-refractivity contribution in [1.29, 1.82) is 0 Å². The number of nitrogens with zero attached hydrogens (tertiary/aromatic N) is 1. The van der Waals surface area contributed by atoms with Crippen LogP contribution >= 0.6 is 11.3 Å². The summed E-state index contributed by atoms with van der Waals surface area (Å²) in [5.41, 5.74) is 2.56. The number of rotatable bonds is 2. The molecular formula is C17H19NO3S2. The fourth-order valence-electron chi connectivity index (χ4n) is 2.97. The Morgan fingerprint density at radius 2 is 2.04 bits per heavy atom. The highest BCUT2D eigenvalue weighted by atomic mass is 32.2. The lowest BCUT2D eigenvalue weighted by Crippen LogP contribution is -2.31. The first kappa shape index (κ1) is 16.2. The van der Waals surface area contributed by atoms with Gasteiger partial charge < -0.3 is 4.90 Å². The van der Waals surface area contributed by atoms with E-state index >= 15 is 0 Å². The molecule has 1 aromatic heterocycles. The third-order valence-corrected chi connectivity index (χ3v) is 6.98. The summed E-state index contributed by atoms with van der Waals surface area (Å²) in [6.45, 7) is 2.84. The SMILES string of the molecule is C[C@H]1CCCN(C(=O)c2csc(S(C)(=O)=O)c2)c2ccccc21. The molecule has 23 heavy (non-hydrogen) atoms. The molecule has 0 radical (unpaired) electrons. The van der Waals surface area contributed by atoms with Gasteiger partial charge in [-0.3, -0.25) is 4.79 Å². The van der Waals surface area contributed by atoms with Gasteiger partial charge in [0.25, 0.3) is 5.91 Å². The first-order valence-electron chi connectivity index (χ1n) is 7.57. The van der Waals surface area contributed by atoms with Crippen LogP contribution in [0.2, 0.25) is 0 Å². The smallest absolute Gasteiger partial charge is 0.259 e. The highest BCUT2D eigenvalue weighted by Crippen LogP contribution is 2.35. The Labute approximate surface area is 140 Å². The maximum atomic E-state index is 12.9. The number of hydrogen-bond donors (Lipinski definition) is 0. The van der Waals surface area contributed by atoms with Crippen molar-refractivity contribution in [3.05, 3.63) is 46.8 Å². The molecule has 1 aromatic carbocycles. The number of carbonyl (C=O) groups is 1. The Bertz CT molecular complexity index is 839. The number of anilines is 1. The van der Waals surface area contributed by atoms with E-state index in [1.165, 1.54) is 11.6 Å². The predicted octanol–water partition coefficient (Wildman–Crippen LogP) is 3.70. The summed E-state index contributed by atoms with van der Waals surface area (Å²) in [7, 11) is -3.27. The van der Waals surface area contributed by atoms with Gasteiger partial charge in [0.1, 0.15) is 4.21 Å². The number of hydrogen-bond acceptors (Lipinski definition) is 4. The number of carbonyl (C=O) groups excluding carboxylic acids is 1. The van der Waals surface area contributed by atoms with Crippen LogP contribution in [0.5, 0.6) is 0 Å². The van der Waals surface area contributed by atoms with Crippen LogP contribution < -0.4 is 4.90 Å². The predicted molar refractivity (Wildman–Crippen MR) is 93.2 cm³/mol. The van der Waals surface area contributed by atoms with Crippen molar-refractivity contribution < 1.29 is 13.2 Å². The zero-order valence-electron chi connectivity index (χ0n) is 13.2. The Hall–Kier alpha value is -1.66. The molecule has 2 heterocycles. The van der Waals surface area contributed by atoms with Crippen LogP contribution in [-0.2, 0) is 9.84 Å². The average molecular weight is 349 g/mol. The van der Waals surface area contributed by atoms with Crippen LogP contribution in [0.3, 0.4) is 0 Å². The van der Waals surface area contributed by atoms with Gasteiger partial charge in [-0.2, -0.15) is 0 Å². The van der Waals surface area contributed by atoms with E-state index in [-0.39, 0.29) is 10.1 Å². The summed E-state index contributed by atoms with van der Waals surface area (Å²) in [6.07, 6.45) is 3.14. The van der Waals surface area contributed by atoms with Gasteiger partial charge in [0.05, 0.1) is 5.56 Å². The number of sulfone groups is 1. The second-order valence-electron chi connectivity index (χ2n) is 5.99. The van der Waals surface area contributed by atoms with Gasteiger partial charge >= 0.3 is 0 Å². The van der Waals surface area contributed by atoms with Crippen molar-refractivity contribution in [1.82, 2.24) is 0 Å². The average Bonchev–Trinajstić information content (AvgIpc) is 2.95. The minimum absolute atomic E-state index is 0.127. The van der Waals surface area contributed by atoms with Crippen LogP contribution in [0.25, 0.3) is 0 Å². The lowest BCUT2D eigenvalue weighted by Gasteiger charge is -2.23. The Kier molecular flexibility index (Phi) is 4.29.